The van der Waals surface area contributed by atoms with Crippen LogP contribution in [0.2, 0.25) is 0 Å². The fourth-order valence-corrected chi connectivity index (χ4v) is 2.45. The van der Waals surface area contributed by atoms with Crippen LogP contribution in [0.3, 0.4) is 0 Å². The number of allylic oxidation sites excluding steroid dienone is 1. The smallest absolute Gasteiger partial charge is 0.146 e. The van der Waals surface area contributed by atoms with Crippen molar-refractivity contribution in [2.24, 2.45) is 0 Å². The van der Waals surface area contributed by atoms with Crippen molar-refractivity contribution in [1.82, 2.24) is 5.32 Å². The van der Waals surface area contributed by atoms with Crippen molar-refractivity contribution in [1.29, 1.82) is 0 Å². The lowest BCUT2D eigenvalue weighted by Gasteiger charge is -2.43. The fourth-order valence-electron chi connectivity index (χ4n) is 2.45. The van der Waals surface area contributed by atoms with E-state index >= 15 is 0 Å². The molecule has 2 rings (SSSR count). The summed E-state index contributed by atoms with van der Waals surface area (Å²) < 4.78 is 11.5. The summed E-state index contributed by atoms with van der Waals surface area (Å²) in [7, 11) is 0. The summed E-state index contributed by atoms with van der Waals surface area (Å²) in [6.45, 7) is 6.57. The predicted molar refractivity (Wildman–Crippen MR) is 59.4 cm³/mol. The van der Waals surface area contributed by atoms with E-state index in [9.17, 15) is 0 Å². The largest absolute Gasteiger partial charge is 0.494 e. The van der Waals surface area contributed by atoms with Gasteiger partial charge < -0.3 is 9.47 Å². The molecule has 2 aliphatic rings. The van der Waals surface area contributed by atoms with E-state index < -0.39 is 0 Å². The molecule has 1 N–H and O–H groups in total. The minimum Gasteiger partial charge on any atom is -0.494 e. The number of nitrogens with one attached hydrogen (secondary N) is 1. The van der Waals surface area contributed by atoms with Gasteiger partial charge in [0.05, 0.1) is 12.4 Å². The highest BCUT2D eigenvalue weighted by Gasteiger charge is 2.36. The van der Waals surface area contributed by atoms with E-state index in [1.54, 1.807) is 6.26 Å². The molecule has 2 aliphatic heterocycles. The molecule has 0 radical (unpaired) electrons. The molecule has 1 fully saturated rings. The summed E-state index contributed by atoms with van der Waals surface area (Å²) >= 11 is 0. The third-order valence-electron chi connectivity index (χ3n) is 3.01. The maximum absolute atomic E-state index is 5.89. The second-order valence-electron chi connectivity index (χ2n) is 5.22. The number of rotatable bonds is 1. The van der Waals surface area contributed by atoms with Crippen LogP contribution in [0.4, 0.5) is 0 Å². The van der Waals surface area contributed by atoms with E-state index in [0.29, 0.717) is 6.10 Å². The number of hydrogen-bond acceptors (Lipinski definition) is 3. The summed E-state index contributed by atoms with van der Waals surface area (Å²) in [4.78, 5) is 0. The van der Waals surface area contributed by atoms with Gasteiger partial charge in [0.2, 0.25) is 0 Å². The van der Waals surface area contributed by atoms with Crippen LogP contribution in [0.25, 0.3) is 0 Å². The molecule has 0 amide bonds. The molecule has 15 heavy (non-hydrogen) atoms. The van der Waals surface area contributed by atoms with E-state index in [-0.39, 0.29) is 17.9 Å². The van der Waals surface area contributed by atoms with Gasteiger partial charge in [0.1, 0.15) is 12.3 Å². The summed E-state index contributed by atoms with van der Waals surface area (Å²) in [5.74, 6) is 0. The predicted octanol–water partition coefficient (Wildman–Crippen LogP) is 2.18. The molecule has 3 atom stereocenters. The van der Waals surface area contributed by atoms with Gasteiger partial charge in [-0.1, -0.05) is 0 Å². The van der Waals surface area contributed by atoms with Crippen molar-refractivity contribution >= 4 is 0 Å². The van der Waals surface area contributed by atoms with Gasteiger partial charge in [-0.2, -0.15) is 0 Å². The molecular formula is C12H21NO2. The molecule has 0 unspecified atom stereocenters. The molecule has 1 saturated heterocycles. The maximum Gasteiger partial charge on any atom is 0.146 e. The molecule has 0 spiro atoms. The highest BCUT2D eigenvalue weighted by Crippen LogP contribution is 2.26. The molecule has 2 heterocycles. The van der Waals surface area contributed by atoms with Gasteiger partial charge in [0.15, 0.2) is 0 Å². The topological polar surface area (TPSA) is 30.5 Å². The van der Waals surface area contributed by atoms with Crippen molar-refractivity contribution in [3.8, 4) is 0 Å². The van der Waals surface area contributed by atoms with Gasteiger partial charge in [0.25, 0.3) is 0 Å². The van der Waals surface area contributed by atoms with Crippen LogP contribution in [0.1, 0.15) is 40.0 Å². The van der Waals surface area contributed by atoms with Crippen LogP contribution in [0, 0.1) is 0 Å². The van der Waals surface area contributed by atoms with Crippen LogP contribution in [0.5, 0.6) is 0 Å². The second kappa shape index (κ2) is 4.14. The minimum atomic E-state index is 0.0358. The Hall–Kier alpha value is -0.540. The number of ether oxygens (including phenoxy) is 2. The van der Waals surface area contributed by atoms with Crippen LogP contribution in [0.15, 0.2) is 12.3 Å². The van der Waals surface area contributed by atoms with Crippen LogP contribution in [-0.4, -0.2) is 24.0 Å². The van der Waals surface area contributed by atoms with Gasteiger partial charge in [-0.05, 0) is 46.1 Å². The average Bonchev–Trinajstić information content (AvgIpc) is 2.16. The monoisotopic (exact) mass is 211 g/mol. The Balaban J connectivity index is 1.99. The van der Waals surface area contributed by atoms with Gasteiger partial charge >= 0.3 is 0 Å². The Morgan fingerprint density at radius 2 is 2.20 bits per heavy atom. The fraction of sp³-hybridized carbons (Fsp3) is 0.833. The zero-order valence-corrected chi connectivity index (χ0v) is 9.82. The molecule has 86 valence electrons. The number of hydrogen-bond donors (Lipinski definition) is 1. The minimum absolute atomic E-state index is 0.0358. The third kappa shape index (κ3) is 2.73. The van der Waals surface area contributed by atoms with Crippen molar-refractivity contribution in [2.75, 3.05) is 0 Å². The van der Waals surface area contributed by atoms with Crippen LogP contribution in [-0.2, 0) is 9.47 Å². The average molecular weight is 211 g/mol. The Morgan fingerprint density at radius 1 is 1.40 bits per heavy atom. The normalized spacial score (nSPS) is 39.8. The van der Waals surface area contributed by atoms with E-state index in [4.69, 9.17) is 9.47 Å². The zero-order valence-electron chi connectivity index (χ0n) is 9.82. The first-order chi connectivity index (χ1) is 7.07. The van der Waals surface area contributed by atoms with E-state index in [1.165, 1.54) is 0 Å². The third-order valence-corrected chi connectivity index (χ3v) is 3.01. The molecule has 0 saturated carbocycles. The lowest BCUT2D eigenvalue weighted by atomic mass is 9.94. The van der Waals surface area contributed by atoms with Crippen LogP contribution < -0.4 is 5.32 Å². The van der Waals surface area contributed by atoms with Gasteiger partial charge in [-0.25, -0.2) is 0 Å². The van der Waals surface area contributed by atoms with E-state index in [0.717, 1.165) is 19.3 Å². The van der Waals surface area contributed by atoms with E-state index in [1.807, 2.05) is 0 Å². The van der Waals surface area contributed by atoms with Crippen molar-refractivity contribution in [3.05, 3.63) is 12.3 Å². The first kappa shape index (κ1) is 11.0. The molecule has 0 aromatic heterocycles. The highest BCUT2D eigenvalue weighted by atomic mass is 16.6. The van der Waals surface area contributed by atoms with Crippen molar-refractivity contribution in [2.45, 2.75) is 64.0 Å². The summed E-state index contributed by atoms with van der Waals surface area (Å²) in [5.41, 5.74) is 0.146. The Bertz CT molecular complexity index is 250. The van der Waals surface area contributed by atoms with E-state index in [2.05, 4.69) is 32.2 Å². The molecule has 0 aromatic rings. The van der Waals surface area contributed by atoms with Crippen LogP contribution >= 0.6 is 0 Å². The summed E-state index contributed by atoms with van der Waals surface area (Å²) in [6, 6.07) is 0. The quantitative estimate of drug-likeness (QED) is 0.721. The molecule has 0 bridgehead atoms. The standard InChI is InChI=1S/C12H21NO2/c1-9-8-12(2,3)13-11(15-9)10-6-4-5-7-14-10/h5,7,9-11,13H,4,6,8H2,1-3H3/t9-,10+,11-/m1/s1. The zero-order chi connectivity index (χ0) is 10.9. The Kier molecular flexibility index (Phi) is 3.03. The summed E-state index contributed by atoms with van der Waals surface area (Å²) in [5, 5.41) is 3.51. The second-order valence-corrected chi connectivity index (χ2v) is 5.22. The summed E-state index contributed by atoms with van der Waals surface area (Å²) in [6.07, 6.45) is 7.54. The highest BCUT2D eigenvalue weighted by molar-refractivity contribution is 4.92. The Labute approximate surface area is 91.8 Å². The molecule has 0 aromatic carbocycles. The molecule has 0 aliphatic carbocycles. The van der Waals surface area contributed by atoms with Crippen molar-refractivity contribution < 1.29 is 9.47 Å². The molecule has 3 heteroatoms. The van der Waals surface area contributed by atoms with Gasteiger partial charge in [-0.3, -0.25) is 5.32 Å². The first-order valence-corrected chi connectivity index (χ1v) is 5.80. The van der Waals surface area contributed by atoms with Gasteiger partial charge in [0, 0.05) is 5.54 Å². The van der Waals surface area contributed by atoms with Crippen molar-refractivity contribution in [3.63, 3.8) is 0 Å². The SMILES string of the molecule is C[C@@H]1CC(C)(C)N[C@@H]([C@@H]2CCC=CO2)O1. The lowest BCUT2D eigenvalue weighted by Crippen LogP contribution is -2.59. The molecular weight excluding hydrogens is 190 g/mol. The Morgan fingerprint density at radius 3 is 2.80 bits per heavy atom. The first-order valence-electron chi connectivity index (χ1n) is 5.80. The lowest BCUT2D eigenvalue weighted by molar-refractivity contribution is -0.142. The van der Waals surface area contributed by atoms with Gasteiger partial charge in [-0.15, -0.1) is 0 Å². The maximum atomic E-state index is 5.89. The molecule has 3 nitrogen and oxygen atoms in total.